The van der Waals surface area contributed by atoms with E-state index in [1.165, 1.54) is 7.11 Å². The lowest BCUT2D eigenvalue weighted by molar-refractivity contribution is -0.143. The van der Waals surface area contributed by atoms with Crippen LogP contribution in [-0.4, -0.2) is 28.7 Å². The van der Waals surface area contributed by atoms with Crippen LogP contribution in [0.3, 0.4) is 0 Å². The smallest absolute Gasteiger partial charge is 0.323 e. The summed E-state index contributed by atoms with van der Waals surface area (Å²) < 4.78 is 6.64. The van der Waals surface area contributed by atoms with Gasteiger partial charge in [0, 0.05) is 20.0 Å². The molecular formula is C9H14ClN3O2. The van der Waals surface area contributed by atoms with Gasteiger partial charge in [-0.2, -0.15) is 0 Å². The molecule has 84 valence electrons. The van der Waals surface area contributed by atoms with E-state index < -0.39 is 0 Å². The third-order valence-corrected chi connectivity index (χ3v) is 2.54. The zero-order valence-corrected chi connectivity index (χ0v) is 9.50. The molecule has 0 aromatic carbocycles. The standard InChI is InChI=1S/C9H13N3O2.ClH/c1-12-5-11-6-3-7(9(13)14-2)10-4-8(6)12;/h5,7,10H,3-4H2,1-2H3;1H/t7-;/m1./s1. The van der Waals surface area contributed by atoms with Crippen molar-refractivity contribution in [2.75, 3.05) is 7.11 Å². The number of hydrogen-bond donors (Lipinski definition) is 1. The Balaban J connectivity index is 0.00000112. The number of carbonyl (C=O) groups excluding carboxylic acids is 1. The van der Waals surface area contributed by atoms with Gasteiger partial charge in [-0.05, 0) is 0 Å². The number of nitrogens with zero attached hydrogens (tertiary/aromatic N) is 2. The van der Waals surface area contributed by atoms with Crippen LogP contribution in [0.2, 0.25) is 0 Å². The summed E-state index contributed by atoms with van der Waals surface area (Å²) in [5.74, 6) is -0.221. The molecule has 0 aliphatic carbocycles. The van der Waals surface area contributed by atoms with Crippen LogP contribution in [0.25, 0.3) is 0 Å². The second-order valence-electron chi connectivity index (χ2n) is 3.41. The van der Waals surface area contributed by atoms with E-state index in [1.807, 2.05) is 11.6 Å². The number of carbonyl (C=O) groups is 1. The molecule has 1 atom stereocenters. The van der Waals surface area contributed by atoms with E-state index in [9.17, 15) is 4.79 Å². The van der Waals surface area contributed by atoms with Crippen LogP contribution in [0.4, 0.5) is 0 Å². The SMILES string of the molecule is COC(=O)[C@H]1Cc2ncn(C)c2CN1.Cl. The Hall–Kier alpha value is -1.07. The van der Waals surface area contributed by atoms with Crippen molar-refractivity contribution >= 4 is 18.4 Å². The highest BCUT2D eigenvalue weighted by Gasteiger charge is 2.26. The highest BCUT2D eigenvalue weighted by molar-refractivity contribution is 5.85. The molecule has 1 N–H and O–H groups in total. The third kappa shape index (κ3) is 2.13. The second-order valence-corrected chi connectivity index (χ2v) is 3.41. The fraction of sp³-hybridized carbons (Fsp3) is 0.556. The van der Waals surface area contributed by atoms with Gasteiger partial charge in [-0.1, -0.05) is 0 Å². The normalized spacial score (nSPS) is 18.9. The van der Waals surface area contributed by atoms with Gasteiger partial charge in [-0.25, -0.2) is 4.98 Å². The van der Waals surface area contributed by atoms with Crippen molar-refractivity contribution in [1.29, 1.82) is 0 Å². The van der Waals surface area contributed by atoms with E-state index in [4.69, 9.17) is 0 Å². The number of ether oxygens (including phenoxy) is 1. The van der Waals surface area contributed by atoms with Gasteiger partial charge in [0.05, 0.1) is 24.8 Å². The molecule has 0 radical (unpaired) electrons. The van der Waals surface area contributed by atoms with Crippen molar-refractivity contribution in [3.63, 3.8) is 0 Å². The Labute approximate surface area is 94.2 Å². The second kappa shape index (κ2) is 4.63. The predicted molar refractivity (Wildman–Crippen MR) is 56.8 cm³/mol. The number of nitrogens with one attached hydrogen (secondary N) is 1. The van der Waals surface area contributed by atoms with Crippen LogP contribution < -0.4 is 5.32 Å². The summed E-state index contributed by atoms with van der Waals surface area (Å²) in [6, 6.07) is -0.248. The van der Waals surface area contributed by atoms with Crippen LogP contribution in [0.15, 0.2) is 6.33 Å². The summed E-state index contributed by atoms with van der Waals surface area (Å²) in [7, 11) is 3.35. The van der Waals surface area contributed by atoms with Crippen molar-refractivity contribution in [3.05, 3.63) is 17.7 Å². The molecule has 0 amide bonds. The monoisotopic (exact) mass is 231 g/mol. The van der Waals surface area contributed by atoms with Gasteiger partial charge in [0.25, 0.3) is 0 Å². The number of fused-ring (bicyclic) bond motifs is 1. The van der Waals surface area contributed by atoms with E-state index in [0.717, 1.165) is 11.4 Å². The van der Waals surface area contributed by atoms with Crippen LogP contribution >= 0.6 is 12.4 Å². The summed E-state index contributed by atoms with van der Waals surface area (Å²) in [4.78, 5) is 15.5. The number of aromatic nitrogens is 2. The number of imidazole rings is 1. The van der Waals surface area contributed by atoms with Gasteiger partial charge >= 0.3 is 5.97 Å². The van der Waals surface area contributed by atoms with E-state index in [2.05, 4.69) is 15.0 Å². The average Bonchev–Trinajstić information content (AvgIpc) is 2.59. The lowest BCUT2D eigenvalue weighted by atomic mass is 10.1. The number of aryl methyl sites for hydroxylation is 1. The molecule has 0 spiro atoms. The first-order chi connectivity index (χ1) is 6.72. The van der Waals surface area contributed by atoms with Crippen molar-refractivity contribution in [2.24, 2.45) is 7.05 Å². The van der Waals surface area contributed by atoms with Crippen molar-refractivity contribution < 1.29 is 9.53 Å². The fourth-order valence-electron chi connectivity index (χ4n) is 1.70. The maximum atomic E-state index is 11.3. The number of methoxy groups -OCH3 is 1. The Morgan fingerprint density at radius 2 is 2.47 bits per heavy atom. The topological polar surface area (TPSA) is 56.1 Å². The van der Waals surface area contributed by atoms with Gasteiger partial charge in [0.1, 0.15) is 6.04 Å². The molecule has 0 saturated heterocycles. The number of hydrogen-bond acceptors (Lipinski definition) is 4. The lowest BCUT2D eigenvalue weighted by Crippen LogP contribution is -2.42. The first-order valence-corrected chi connectivity index (χ1v) is 4.52. The Kier molecular flexibility index (Phi) is 3.71. The van der Waals surface area contributed by atoms with Crippen LogP contribution in [-0.2, 0) is 29.5 Å². The first kappa shape index (κ1) is 12.0. The molecule has 6 heteroatoms. The van der Waals surface area contributed by atoms with Gasteiger partial charge in [0.2, 0.25) is 0 Å². The molecule has 0 fully saturated rings. The van der Waals surface area contributed by atoms with Gasteiger partial charge in [-0.3, -0.25) is 10.1 Å². The van der Waals surface area contributed by atoms with Gasteiger partial charge < -0.3 is 9.30 Å². The van der Waals surface area contributed by atoms with Crippen LogP contribution in [0.1, 0.15) is 11.4 Å². The molecule has 0 saturated carbocycles. The maximum absolute atomic E-state index is 11.3. The first-order valence-electron chi connectivity index (χ1n) is 4.52. The summed E-state index contributed by atoms with van der Waals surface area (Å²) in [6.45, 7) is 0.672. The fourth-order valence-corrected chi connectivity index (χ4v) is 1.70. The molecule has 1 aliphatic rings. The third-order valence-electron chi connectivity index (χ3n) is 2.54. The van der Waals surface area contributed by atoms with Gasteiger partial charge in [0.15, 0.2) is 0 Å². The van der Waals surface area contributed by atoms with Gasteiger partial charge in [-0.15, -0.1) is 12.4 Å². The Morgan fingerprint density at radius 1 is 1.73 bits per heavy atom. The molecule has 0 unspecified atom stereocenters. The molecule has 15 heavy (non-hydrogen) atoms. The number of esters is 1. The zero-order valence-electron chi connectivity index (χ0n) is 8.69. The average molecular weight is 232 g/mol. The quantitative estimate of drug-likeness (QED) is 0.693. The minimum absolute atomic E-state index is 0. The largest absolute Gasteiger partial charge is 0.468 e. The van der Waals surface area contributed by atoms with Crippen LogP contribution in [0.5, 0.6) is 0 Å². The van der Waals surface area contributed by atoms with Crippen LogP contribution in [0, 0.1) is 0 Å². The minimum atomic E-state index is -0.248. The summed E-state index contributed by atoms with van der Waals surface area (Å²) in [6.07, 6.45) is 2.38. The Bertz CT molecular complexity index is 364. The number of rotatable bonds is 1. The van der Waals surface area contributed by atoms with Crippen molar-refractivity contribution in [2.45, 2.75) is 19.0 Å². The zero-order chi connectivity index (χ0) is 10.1. The maximum Gasteiger partial charge on any atom is 0.323 e. The van der Waals surface area contributed by atoms with E-state index in [-0.39, 0.29) is 24.4 Å². The molecule has 1 aromatic heterocycles. The van der Waals surface area contributed by atoms with E-state index in [1.54, 1.807) is 6.33 Å². The molecular weight excluding hydrogens is 218 g/mol. The lowest BCUT2D eigenvalue weighted by Gasteiger charge is -2.21. The molecule has 0 bridgehead atoms. The van der Waals surface area contributed by atoms with Crippen molar-refractivity contribution in [3.8, 4) is 0 Å². The minimum Gasteiger partial charge on any atom is -0.468 e. The highest BCUT2D eigenvalue weighted by atomic mass is 35.5. The molecule has 1 aromatic rings. The molecule has 1 aliphatic heterocycles. The molecule has 2 heterocycles. The molecule has 5 nitrogen and oxygen atoms in total. The van der Waals surface area contributed by atoms with E-state index in [0.29, 0.717) is 13.0 Å². The van der Waals surface area contributed by atoms with E-state index >= 15 is 0 Å². The summed E-state index contributed by atoms with van der Waals surface area (Å²) in [5, 5.41) is 3.12. The number of halogens is 1. The summed E-state index contributed by atoms with van der Waals surface area (Å²) in [5.41, 5.74) is 2.13. The highest BCUT2D eigenvalue weighted by Crippen LogP contribution is 2.14. The summed E-state index contributed by atoms with van der Waals surface area (Å²) >= 11 is 0. The predicted octanol–water partition coefficient (Wildman–Crippen LogP) is 0.0292. The van der Waals surface area contributed by atoms with Crippen molar-refractivity contribution in [1.82, 2.24) is 14.9 Å². The Morgan fingerprint density at radius 3 is 3.13 bits per heavy atom. The molecule has 2 rings (SSSR count).